The first-order valence-corrected chi connectivity index (χ1v) is 16.7. The van der Waals surface area contributed by atoms with E-state index in [2.05, 4.69) is 179 Å². The molecule has 0 saturated carbocycles. The van der Waals surface area contributed by atoms with Crippen molar-refractivity contribution in [2.24, 2.45) is 0 Å². The average Bonchev–Trinajstić information content (AvgIpc) is 3.71. The van der Waals surface area contributed by atoms with Gasteiger partial charge in [-0.2, -0.15) is 0 Å². The second-order valence-electron chi connectivity index (χ2n) is 12.6. The number of aromatic nitrogens is 1. The molecule has 0 fully saturated rings. The van der Waals surface area contributed by atoms with Gasteiger partial charge in [-0.15, -0.1) is 0 Å². The van der Waals surface area contributed by atoms with E-state index in [1.54, 1.807) is 0 Å². The highest BCUT2D eigenvalue weighted by Gasteiger charge is 2.20. The first-order valence-electron chi connectivity index (χ1n) is 16.7. The molecule has 0 amide bonds. The van der Waals surface area contributed by atoms with Gasteiger partial charge in [0.25, 0.3) is 0 Å². The molecule has 10 aromatic rings. The highest BCUT2D eigenvalue weighted by atomic mass is 16.3. The summed E-state index contributed by atoms with van der Waals surface area (Å²) in [5.74, 6) is 0. The fraction of sp³-hybridized carbons (Fsp3) is 0. The van der Waals surface area contributed by atoms with Gasteiger partial charge in [-0.1, -0.05) is 121 Å². The number of nitrogens with zero attached hydrogens (tertiary/aromatic N) is 2. The Hall–Kier alpha value is -6.58. The number of rotatable bonds is 5. The monoisotopic (exact) mass is 626 g/mol. The summed E-state index contributed by atoms with van der Waals surface area (Å²) in [6.07, 6.45) is 0. The predicted molar refractivity (Wildman–Crippen MR) is 206 cm³/mol. The molecule has 8 aromatic carbocycles. The van der Waals surface area contributed by atoms with E-state index in [1.165, 1.54) is 38.2 Å². The van der Waals surface area contributed by atoms with E-state index in [0.29, 0.717) is 0 Å². The van der Waals surface area contributed by atoms with Gasteiger partial charge in [-0.3, -0.25) is 0 Å². The molecular formula is C46H30N2O. The van der Waals surface area contributed by atoms with E-state index in [1.807, 2.05) is 12.1 Å². The normalized spacial score (nSPS) is 11.7. The molecule has 230 valence electrons. The fourth-order valence-electron chi connectivity index (χ4n) is 7.51. The molecule has 2 aromatic heterocycles. The Balaban J connectivity index is 1.25. The highest BCUT2D eigenvalue weighted by molar-refractivity contribution is 6.19. The van der Waals surface area contributed by atoms with Crippen LogP contribution in [0.3, 0.4) is 0 Å². The van der Waals surface area contributed by atoms with Crippen LogP contribution in [-0.2, 0) is 0 Å². The first-order chi connectivity index (χ1) is 24.3. The van der Waals surface area contributed by atoms with Gasteiger partial charge in [0.2, 0.25) is 0 Å². The molecule has 0 unspecified atom stereocenters. The maximum absolute atomic E-state index is 6.41. The van der Waals surface area contributed by atoms with Crippen molar-refractivity contribution in [2.75, 3.05) is 4.90 Å². The zero-order valence-electron chi connectivity index (χ0n) is 26.6. The molecule has 0 saturated heterocycles. The molecule has 0 atom stereocenters. The zero-order valence-corrected chi connectivity index (χ0v) is 26.6. The molecule has 0 aliphatic rings. The van der Waals surface area contributed by atoms with E-state index in [-0.39, 0.29) is 0 Å². The number of hydrogen-bond donors (Lipinski definition) is 0. The van der Waals surface area contributed by atoms with Gasteiger partial charge in [0.15, 0.2) is 0 Å². The van der Waals surface area contributed by atoms with Crippen LogP contribution in [0.1, 0.15) is 0 Å². The number of anilines is 3. The molecule has 10 rings (SSSR count). The van der Waals surface area contributed by atoms with Crippen LogP contribution in [-0.4, -0.2) is 4.57 Å². The van der Waals surface area contributed by atoms with Crippen molar-refractivity contribution in [1.82, 2.24) is 4.57 Å². The zero-order chi connectivity index (χ0) is 32.3. The summed E-state index contributed by atoms with van der Waals surface area (Å²) in [4.78, 5) is 2.35. The van der Waals surface area contributed by atoms with Gasteiger partial charge < -0.3 is 13.9 Å². The Morgan fingerprint density at radius 3 is 1.88 bits per heavy atom. The summed E-state index contributed by atoms with van der Waals surface area (Å²) in [7, 11) is 0. The number of benzene rings is 8. The molecule has 0 aliphatic heterocycles. The minimum atomic E-state index is 0.869. The van der Waals surface area contributed by atoms with Crippen molar-refractivity contribution in [3.8, 4) is 16.8 Å². The minimum absolute atomic E-state index is 0.869. The van der Waals surface area contributed by atoms with Crippen LogP contribution in [0, 0.1) is 0 Å². The topological polar surface area (TPSA) is 21.3 Å². The number of hydrogen-bond acceptors (Lipinski definition) is 2. The quantitative estimate of drug-likeness (QED) is 0.190. The minimum Gasteiger partial charge on any atom is -0.456 e. The summed E-state index contributed by atoms with van der Waals surface area (Å²) in [6.45, 7) is 0. The van der Waals surface area contributed by atoms with E-state index < -0.39 is 0 Å². The molecule has 3 heteroatoms. The van der Waals surface area contributed by atoms with Crippen LogP contribution < -0.4 is 4.90 Å². The lowest BCUT2D eigenvalue weighted by Gasteiger charge is -2.26. The van der Waals surface area contributed by atoms with Crippen molar-refractivity contribution in [1.29, 1.82) is 0 Å². The second-order valence-corrected chi connectivity index (χ2v) is 12.6. The predicted octanol–water partition coefficient (Wildman–Crippen LogP) is 13.0. The van der Waals surface area contributed by atoms with Gasteiger partial charge in [0.05, 0.1) is 11.0 Å². The van der Waals surface area contributed by atoms with Crippen molar-refractivity contribution in [2.45, 2.75) is 0 Å². The van der Waals surface area contributed by atoms with Crippen LogP contribution in [0.5, 0.6) is 0 Å². The van der Waals surface area contributed by atoms with Gasteiger partial charge in [-0.05, 0) is 71.1 Å². The van der Waals surface area contributed by atoms with Crippen LogP contribution in [0.15, 0.2) is 186 Å². The Morgan fingerprint density at radius 2 is 1.02 bits per heavy atom. The largest absolute Gasteiger partial charge is 0.456 e. The van der Waals surface area contributed by atoms with E-state index in [9.17, 15) is 0 Å². The summed E-state index contributed by atoms with van der Waals surface area (Å²) in [5.41, 5.74) is 10.8. The third-order valence-corrected chi connectivity index (χ3v) is 9.74. The first kappa shape index (κ1) is 27.5. The smallest absolute Gasteiger partial charge is 0.137 e. The molecule has 0 spiro atoms. The van der Waals surface area contributed by atoms with Crippen molar-refractivity contribution < 1.29 is 4.42 Å². The van der Waals surface area contributed by atoms with Crippen molar-refractivity contribution in [3.05, 3.63) is 182 Å². The van der Waals surface area contributed by atoms with Gasteiger partial charge in [-0.25, -0.2) is 0 Å². The second kappa shape index (κ2) is 11.0. The number of para-hydroxylation sites is 2. The molecule has 0 radical (unpaired) electrons. The SMILES string of the molecule is c1ccc(-c2cccc(N(c3ccc4c(c3)oc3ccccc34)c3ccc4c5ccc6ccccc6c5n(-c5ccccc5)c4c3)c2)cc1. The Bertz CT molecular complexity index is 2830. The van der Waals surface area contributed by atoms with E-state index in [4.69, 9.17) is 4.42 Å². The van der Waals surface area contributed by atoms with Gasteiger partial charge in [0.1, 0.15) is 11.2 Å². The lowest BCUT2D eigenvalue weighted by Crippen LogP contribution is -2.10. The molecular weight excluding hydrogens is 597 g/mol. The Labute approximate surface area is 283 Å². The molecule has 2 heterocycles. The molecule has 3 nitrogen and oxygen atoms in total. The van der Waals surface area contributed by atoms with E-state index >= 15 is 0 Å². The van der Waals surface area contributed by atoms with Crippen molar-refractivity contribution >= 4 is 71.6 Å². The van der Waals surface area contributed by atoms with Crippen LogP contribution in [0.25, 0.3) is 71.3 Å². The number of fused-ring (bicyclic) bond motifs is 8. The highest BCUT2D eigenvalue weighted by Crippen LogP contribution is 2.43. The maximum Gasteiger partial charge on any atom is 0.137 e. The molecule has 0 N–H and O–H groups in total. The summed E-state index contributed by atoms with van der Waals surface area (Å²) >= 11 is 0. The standard InChI is InChI=1S/C46H30N2O/c1-3-12-31(13-4-1)33-15-11-18-35(28-33)47(37-24-27-41-40-20-9-10-21-44(40)49-45(41)30-37)36-23-26-39-42-25-22-32-14-7-8-19-38(32)46(42)48(43(39)29-36)34-16-5-2-6-17-34/h1-30H. The average molecular weight is 627 g/mol. The molecule has 0 bridgehead atoms. The van der Waals surface area contributed by atoms with Gasteiger partial charge >= 0.3 is 0 Å². The van der Waals surface area contributed by atoms with Gasteiger partial charge in [0, 0.05) is 55.7 Å². The van der Waals surface area contributed by atoms with Crippen LogP contribution >= 0.6 is 0 Å². The molecule has 49 heavy (non-hydrogen) atoms. The van der Waals surface area contributed by atoms with Crippen molar-refractivity contribution in [3.63, 3.8) is 0 Å². The maximum atomic E-state index is 6.41. The lowest BCUT2D eigenvalue weighted by atomic mass is 10.0. The van der Waals surface area contributed by atoms with E-state index in [0.717, 1.165) is 50.2 Å². The summed E-state index contributed by atoms with van der Waals surface area (Å²) < 4.78 is 8.83. The summed E-state index contributed by atoms with van der Waals surface area (Å²) in [5, 5.41) is 7.18. The third kappa shape index (κ3) is 4.44. The fourth-order valence-corrected chi connectivity index (χ4v) is 7.51. The Kier molecular flexibility index (Phi) is 6.18. The Morgan fingerprint density at radius 1 is 0.388 bits per heavy atom. The molecule has 0 aliphatic carbocycles. The van der Waals surface area contributed by atoms with Crippen LogP contribution in [0.2, 0.25) is 0 Å². The third-order valence-electron chi connectivity index (χ3n) is 9.74. The summed E-state index contributed by atoms with van der Waals surface area (Å²) in [6, 6.07) is 65.0. The number of furan rings is 1. The van der Waals surface area contributed by atoms with Crippen LogP contribution in [0.4, 0.5) is 17.1 Å². The lowest BCUT2D eigenvalue weighted by molar-refractivity contribution is 0.669.